The van der Waals surface area contributed by atoms with Crippen molar-refractivity contribution in [1.29, 1.82) is 0 Å². The first-order valence-electron chi connectivity index (χ1n) is 7.55. The number of amides is 1. The van der Waals surface area contributed by atoms with Gasteiger partial charge in [-0.15, -0.1) is 0 Å². The van der Waals surface area contributed by atoms with Gasteiger partial charge in [-0.1, -0.05) is 0 Å². The fourth-order valence-corrected chi connectivity index (χ4v) is 2.91. The Hall–Kier alpha value is -2.96. The van der Waals surface area contributed by atoms with Crippen molar-refractivity contribution >= 4 is 28.6 Å². The van der Waals surface area contributed by atoms with Crippen molar-refractivity contribution in [2.24, 2.45) is 0 Å². The molecule has 0 saturated carbocycles. The van der Waals surface area contributed by atoms with Crippen molar-refractivity contribution in [3.8, 4) is 11.4 Å². The Kier molecular flexibility index (Phi) is 3.18. The maximum atomic E-state index is 12.1. The van der Waals surface area contributed by atoms with Crippen molar-refractivity contribution in [3.05, 3.63) is 30.6 Å². The molecular formula is C16H16N6O. The molecule has 7 nitrogen and oxygen atoms in total. The molecule has 0 aliphatic carbocycles. The number of hydrogen-bond acceptors (Lipinski definition) is 5. The predicted octanol–water partition coefficient (Wildman–Crippen LogP) is 2.19. The van der Waals surface area contributed by atoms with Crippen LogP contribution in [0.15, 0.2) is 30.6 Å². The fourth-order valence-electron chi connectivity index (χ4n) is 2.91. The molecule has 2 aromatic heterocycles. The first-order valence-corrected chi connectivity index (χ1v) is 7.55. The predicted molar refractivity (Wildman–Crippen MR) is 88.3 cm³/mol. The standard InChI is InChI=1S/C16H16N6O/c1-17-16-20-12-9-10(22-7-2-4-13(22)23)8-11(14(12)21-16)15-18-5-3-6-19-15/h3,5-6,8-9H,2,4,7H2,1H3,(H2,17,20,21). The number of rotatable bonds is 3. The van der Waals surface area contributed by atoms with E-state index in [9.17, 15) is 4.79 Å². The van der Waals surface area contributed by atoms with Crippen LogP contribution >= 0.6 is 0 Å². The van der Waals surface area contributed by atoms with Crippen LogP contribution in [0.5, 0.6) is 0 Å². The molecule has 7 heteroatoms. The van der Waals surface area contributed by atoms with Crippen molar-refractivity contribution in [1.82, 2.24) is 19.9 Å². The summed E-state index contributed by atoms with van der Waals surface area (Å²) in [6.07, 6.45) is 4.89. The summed E-state index contributed by atoms with van der Waals surface area (Å²) in [6.45, 7) is 0.743. The molecule has 23 heavy (non-hydrogen) atoms. The van der Waals surface area contributed by atoms with Crippen molar-refractivity contribution in [3.63, 3.8) is 0 Å². The summed E-state index contributed by atoms with van der Waals surface area (Å²) >= 11 is 0. The zero-order valence-electron chi connectivity index (χ0n) is 12.7. The zero-order valence-corrected chi connectivity index (χ0v) is 12.7. The highest BCUT2D eigenvalue weighted by atomic mass is 16.2. The number of aromatic amines is 1. The molecule has 3 heterocycles. The molecule has 3 aromatic rings. The number of aromatic nitrogens is 4. The lowest BCUT2D eigenvalue weighted by Crippen LogP contribution is -2.23. The third kappa shape index (κ3) is 2.30. The maximum absolute atomic E-state index is 12.1. The minimum Gasteiger partial charge on any atom is -0.359 e. The Bertz CT molecular complexity index is 873. The number of imidazole rings is 1. The van der Waals surface area contributed by atoms with Gasteiger partial charge in [0.05, 0.1) is 5.52 Å². The van der Waals surface area contributed by atoms with Gasteiger partial charge in [0.2, 0.25) is 11.9 Å². The van der Waals surface area contributed by atoms with Gasteiger partial charge >= 0.3 is 0 Å². The number of nitrogens with one attached hydrogen (secondary N) is 2. The van der Waals surface area contributed by atoms with E-state index in [1.54, 1.807) is 25.5 Å². The van der Waals surface area contributed by atoms with Gasteiger partial charge in [0.1, 0.15) is 5.52 Å². The number of benzene rings is 1. The van der Waals surface area contributed by atoms with E-state index in [0.29, 0.717) is 18.2 Å². The first kappa shape index (κ1) is 13.7. The number of fused-ring (bicyclic) bond motifs is 1. The van der Waals surface area contributed by atoms with E-state index in [0.717, 1.165) is 35.2 Å². The zero-order chi connectivity index (χ0) is 15.8. The molecule has 116 valence electrons. The number of carbonyl (C=O) groups is 1. The average molecular weight is 308 g/mol. The highest BCUT2D eigenvalue weighted by Crippen LogP contribution is 2.33. The molecule has 1 fully saturated rings. The molecule has 0 atom stereocenters. The van der Waals surface area contributed by atoms with E-state index in [1.807, 2.05) is 17.0 Å². The van der Waals surface area contributed by atoms with Crippen molar-refractivity contribution in [2.75, 3.05) is 23.8 Å². The van der Waals surface area contributed by atoms with E-state index in [2.05, 4.69) is 25.3 Å². The highest BCUT2D eigenvalue weighted by Gasteiger charge is 2.24. The smallest absolute Gasteiger partial charge is 0.227 e. The van der Waals surface area contributed by atoms with Crippen molar-refractivity contribution in [2.45, 2.75) is 12.8 Å². The van der Waals surface area contributed by atoms with Gasteiger partial charge in [-0.05, 0) is 24.6 Å². The Labute approximate surface area is 132 Å². The Morgan fingerprint density at radius 1 is 1.26 bits per heavy atom. The summed E-state index contributed by atoms with van der Waals surface area (Å²) in [4.78, 5) is 30.3. The van der Waals surface area contributed by atoms with Crippen LogP contribution in [0, 0.1) is 0 Å². The van der Waals surface area contributed by atoms with E-state index in [4.69, 9.17) is 0 Å². The first-order chi connectivity index (χ1) is 11.3. The largest absolute Gasteiger partial charge is 0.359 e. The van der Waals surface area contributed by atoms with E-state index in [1.165, 1.54) is 0 Å². The molecule has 0 radical (unpaired) electrons. The van der Waals surface area contributed by atoms with Crippen LogP contribution in [0.25, 0.3) is 22.4 Å². The van der Waals surface area contributed by atoms with Crippen LogP contribution < -0.4 is 10.2 Å². The lowest BCUT2D eigenvalue weighted by atomic mass is 10.1. The Morgan fingerprint density at radius 3 is 2.78 bits per heavy atom. The number of hydrogen-bond donors (Lipinski definition) is 2. The Balaban J connectivity index is 1.94. The topological polar surface area (TPSA) is 86.8 Å². The summed E-state index contributed by atoms with van der Waals surface area (Å²) in [5.74, 6) is 1.42. The molecule has 0 spiro atoms. The van der Waals surface area contributed by atoms with Gasteiger partial charge in [-0.3, -0.25) is 4.79 Å². The third-order valence-corrected chi connectivity index (χ3v) is 4.00. The average Bonchev–Trinajstić information content (AvgIpc) is 3.20. The number of nitrogens with zero attached hydrogens (tertiary/aromatic N) is 4. The molecule has 2 N–H and O–H groups in total. The van der Waals surface area contributed by atoms with Gasteiger partial charge < -0.3 is 15.2 Å². The quantitative estimate of drug-likeness (QED) is 0.774. The fraction of sp³-hybridized carbons (Fsp3) is 0.250. The summed E-state index contributed by atoms with van der Waals surface area (Å²) < 4.78 is 0. The molecule has 1 aromatic carbocycles. The van der Waals surface area contributed by atoms with E-state index >= 15 is 0 Å². The lowest BCUT2D eigenvalue weighted by molar-refractivity contribution is -0.117. The van der Waals surface area contributed by atoms with Gasteiger partial charge in [-0.25, -0.2) is 15.0 Å². The van der Waals surface area contributed by atoms with Crippen LogP contribution in [-0.4, -0.2) is 39.4 Å². The Morgan fingerprint density at radius 2 is 2.09 bits per heavy atom. The van der Waals surface area contributed by atoms with Gasteiger partial charge in [-0.2, -0.15) is 0 Å². The minimum atomic E-state index is 0.151. The van der Waals surface area contributed by atoms with Crippen LogP contribution in [0.3, 0.4) is 0 Å². The minimum absolute atomic E-state index is 0.151. The third-order valence-electron chi connectivity index (χ3n) is 4.00. The molecule has 1 aliphatic heterocycles. The monoisotopic (exact) mass is 308 g/mol. The second-order valence-electron chi connectivity index (χ2n) is 5.45. The molecule has 4 rings (SSSR count). The van der Waals surface area contributed by atoms with Gasteiger partial charge in [0, 0.05) is 43.7 Å². The molecule has 1 saturated heterocycles. The molecule has 0 bridgehead atoms. The second-order valence-corrected chi connectivity index (χ2v) is 5.45. The van der Waals surface area contributed by atoms with Crippen molar-refractivity contribution < 1.29 is 4.79 Å². The van der Waals surface area contributed by atoms with Gasteiger partial charge in [0.25, 0.3) is 0 Å². The van der Waals surface area contributed by atoms with E-state index < -0.39 is 0 Å². The molecular weight excluding hydrogens is 292 g/mol. The summed E-state index contributed by atoms with van der Waals surface area (Å²) in [6, 6.07) is 5.68. The van der Waals surface area contributed by atoms with Crippen LogP contribution in [0.4, 0.5) is 11.6 Å². The lowest BCUT2D eigenvalue weighted by Gasteiger charge is -2.16. The number of H-pyrrole nitrogens is 1. The highest BCUT2D eigenvalue weighted by molar-refractivity contribution is 6.01. The molecule has 0 unspecified atom stereocenters. The van der Waals surface area contributed by atoms with Crippen LogP contribution in [-0.2, 0) is 4.79 Å². The second kappa shape index (κ2) is 5.35. The summed E-state index contributed by atoms with van der Waals surface area (Å²) in [5.41, 5.74) is 3.31. The number of anilines is 2. The van der Waals surface area contributed by atoms with Crippen LogP contribution in [0.1, 0.15) is 12.8 Å². The molecule has 1 aliphatic rings. The summed E-state index contributed by atoms with van der Waals surface area (Å²) in [7, 11) is 1.81. The normalized spacial score (nSPS) is 14.7. The number of carbonyl (C=O) groups excluding carboxylic acids is 1. The molecule has 1 amide bonds. The van der Waals surface area contributed by atoms with Crippen LogP contribution in [0.2, 0.25) is 0 Å². The summed E-state index contributed by atoms with van der Waals surface area (Å²) in [5, 5.41) is 3.00. The SMILES string of the molecule is CNc1nc2c(-c3ncccn3)cc(N3CCCC3=O)cc2[nH]1. The van der Waals surface area contributed by atoms with Gasteiger partial charge in [0.15, 0.2) is 5.82 Å². The van der Waals surface area contributed by atoms with E-state index in [-0.39, 0.29) is 5.91 Å². The maximum Gasteiger partial charge on any atom is 0.227 e.